The van der Waals surface area contributed by atoms with Crippen molar-refractivity contribution in [3.8, 4) is 28.4 Å². The lowest BCUT2D eigenvalue weighted by Gasteiger charge is -2.12. The number of fused-ring (bicyclic) bond motifs is 9. The summed E-state index contributed by atoms with van der Waals surface area (Å²) in [5, 5.41) is 52.6. The number of ether oxygens (including phenoxy) is 1. The number of amides is 2. The lowest BCUT2D eigenvalue weighted by Crippen LogP contribution is -2.17. The van der Waals surface area contributed by atoms with E-state index < -0.39 is 29.1 Å². The van der Waals surface area contributed by atoms with Crippen molar-refractivity contribution in [2.24, 2.45) is 25.6 Å². The van der Waals surface area contributed by atoms with Gasteiger partial charge in [0.05, 0.1) is 62.1 Å². The van der Waals surface area contributed by atoms with Crippen LogP contribution in [0.15, 0.2) is 171 Å². The van der Waals surface area contributed by atoms with Crippen LogP contribution in [-0.2, 0) is 0 Å². The molecule has 72 heavy (non-hydrogen) atoms. The first-order valence-electron chi connectivity index (χ1n) is 22.0. The topological polar surface area (TPSA) is 203 Å². The molecule has 0 spiro atoms. The largest absolute Gasteiger partial charge is 0.505 e. The second-order valence-electron chi connectivity index (χ2n) is 16.6. The Balaban J connectivity index is 0.934. The van der Waals surface area contributed by atoms with Crippen LogP contribution in [0.1, 0.15) is 42.2 Å². The summed E-state index contributed by atoms with van der Waals surface area (Å²) in [6.07, 6.45) is 1.46. The highest BCUT2D eigenvalue weighted by Crippen LogP contribution is 2.50. The first-order chi connectivity index (χ1) is 34.9. The number of halogens is 3. The maximum atomic E-state index is 14.3. The Morgan fingerprint density at radius 2 is 1.22 bits per heavy atom. The van der Waals surface area contributed by atoms with Crippen molar-refractivity contribution in [2.75, 3.05) is 12.4 Å². The summed E-state index contributed by atoms with van der Waals surface area (Å²) in [6.45, 7) is 0. The van der Waals surface area contributed by atoms with E-state index in [0.29, 0.717) is 60.2 Å². The van der Waals surface area contributed by atoms with Crippen LogP contribution in [0.2, 0.25) is 15.1 Å². The Labute approximate surface area is 422 Å². The third-order valence-electron chi connectivity index (χ3n) is 12.3. The molecule has 11 rings (SSSR count). The number of hydrogen-bond acceptors (Lipinski definition) is 11. The molecule has 1 aromatic heterocycles. The number of aromatic nitrogens is 1. The van der Waals surface area contributed by atoms with E-state index in [2.05, 4.69) is 41.3 Å². The molecular formula is C55H33Cl3N8O6. The third-order valence-corrected chi connectivity index (χ3v) is 13.2. The summed E-state index contributed by atoms with van der Waals surface area (Å²) in [5.74, 6) is -2.00. The molecule has 10 aromatic rings. The number of carbonyl (C=O) groups excluding carboxylic acids is 3. The number of carbonyl (C=O) groups is 3. The molecule has 350 valence electrons. The molecule has 0 saturated carbocycles. The average Bonchev–Trinajstić information content (AvgIpc) is 3.91. The van der Waals surface area contributed by atoms with Crippen LogP contribution in [0, 0.1) is 0 Å². The zero-order valence-electron chi connectivity index (χ0n) is 37.3. The molecular weight excluding hydrogens is 975 g/mol. The number of anilines is 1. The number of methoxy groups -OCH3 is 1. The number of ketones is 1. The van der Waals surface area contributed by atoms with Crippen molar-refractivity contribution in [1.82, 2.24) is 10.4 Å². The molecule has 1 aliphatic rings. The van der Waals surface area contributed by atoms with Crippen LogP contribution in [0.25, 0.3) is 54.5 Å². The molecule has 17 heteroatoms. The van der Waals surface area contributed by atoms with Gasteiger partial charge in [-0.1, -0.05) is 102 Å². The van der Waals surface area contributed by atoms with Crippen LogP contribution in [0.5, 0.6) is 17.2 Å². The van der Waals surface area contributed by atoms with Crippen LogP contribution in [0.3, 0.4) is 0 Å². The maximum absolute atomic E-state index is 14.3. The van der Waals surface area contributed by atoms with Crippen LogP contribution in [-0.4, -0.2) is 46.1 Å². The van der Waals surface area contributed by atoms with Crippen molar-refractivity contribution in [3.05, 3.63) is 188 Å². The first-order valence-corrected chi connectivity index (χ1v) is 23.1. The summed E-state index contributed by atoms with van der Waals surface area (Å²) >= 11 is 20.1. The lowest BCUT2D eigenvalue weighted by molar-refractivity contribution is 0.0951. The second kappa shape index (κ2) is 18.4. The van der Waals surface area contributed by atoms with Crippen molar-refractivity contribution >= 4 is 130 Å². The number of hydrogen-bond donors (Lipinski definition) is 5. The van der Waals surface area contributed by atoms with E-state index in [0.717, 1.165) is 16.3 Å². The Hall–Kier alpha value is -8.95. The molecule has 0 aliphatic heterocycles. The minimum Gasteiger partial charge on any atom is -0.505 e. The fourth-order valence-corrected chi connectivity index (χ4v) is 9.64. The molecule has 0 saturated heterocycles. The van der Waals surface area contributed by atoms with Crippen molar-refractivity contribution in [1.29, 1.82) is 0 Å². The summed E-state index contributed by atoms with van der Waals surface area (Å²) in [4.78, 5) is 44.9. The summed E-state index contributed by atoms with van der Waals surface area (Å²) < 4.78 is 5.21. The number of nitrogens with zero attached hydrogens (tertiary/aromatic N) is 5. The standard InChI is InChI=1S/C55H33Cl3N8O6/c1-72-32-17-14-27(15-18-32)26-59-66-55(71)39-21-29-16-19-35-34-10-4-6-12-43(34)60-48(35)45(29)50(53(39)69)65-63-31-23-37-47(42(58)25-31)46-36(51(37)67)22-30(24-41(46)57)62-64-49-33-9-3-2-8-28(33)20-38(52(49)68)54(70)61-44-13-7-5-11-40(44)56/h2-26,60,68-69H,1H3,(H,61,70)(H,66,71)/b59-26+,64-62?,65-63?. The zero-order chi connectivity index (χ0) is 49.8. The number of phenols is 2. The molecule has 1 aliphatic carbocycles. The maximum Gasteiger partial charge on any atom is 0.275 e. The number of aromatic amines is 1. The zero-order valence-corrected chi connectivity index (χ0v) is 39.6. The highest BCUT2D eigenvalue weighted by Gasteiger charge is 2.32. The Morgan fingerprint density at radius 3 is 1.93 bits per heavy atom. The van der Waals surface area contributed by atoms with Crippen LogP contribution in [0.4, 0.5) is 28.4 Å². The number of hydrazone groups is 1. The normalized spacial score (nSPS) is 12.2. The molecule has 0 atom stereocenters. The van der Waals surface area contributed by atoms with Gasteiger partial charge in [0.25, 0.3) is 11.8 Å². The van der Waals surface area contributed by atoms with Gasteiger partial charge in [-0.3, -0.25) is 14.4 Å². The monoisotopic (exact) mass is 1010 g/mol. The van der Waals surface area contributed by atoms with Crippen LogP contribution < -0.4 is 15.5 Å². The SMILES string of the molecule is COc1ccc(/C=N/NC(=O)c2cc3ccc4c5ccccc5[nH]c4c3c(N=Nc3cc(Cl)c4c(c3)C(=O)c3cc(N=Nc5c(O)c(C(=O)Nc6ccccc6Cl)cc6ccccc56)cc(Cl)c3-4)c2O)cc1. The molecule has 9 aromatic carbocycles. The fraction of sp³-hybridized carbons (Fsp3) is 0.0182. The number of phenolic OH excluding ortho intramolecular Hbond substituents is 2. The highest BCUT2D eigenvalue weighted by atomic mass is 35.5. The Kier molecular flexibility index (Phi) is 11.6. The molecule has 0 bridgehead atoms. The minimum atomic E-state index is -0.706. The minimum absolute atomic E-state index is 0.00942. The van der Waals surface area contributed by atoms with Crippen LogP contribution >= 0.6 is 34.8 Å². The second-order valence-corrected chi connectivity index (χ2v) is 17.8. The molecule has 0 radical (unpaired) electrons. The van der Waals surface area contributed by atoms with Gasteiger partial charge in [-0.2, -0.15) is 15.3 Å². The number of aromatic hydroxyl groups is 2. The summed E-state index contributed by atoms with van der Waals surface area (Å²) in [6, 6.07) is 41.4. The highest BCUT2D eigenvalue weighted by molar-refractivity contribution is 6.41. The number of nitrogens with one attached hydrogen (secondary N) is 3. The van der Waals surface area contributed by atoms with Crippen molar-refractivity contribution in [2.45, 2.75) is 0 Å². The summed E-state index contributed by atoms with van der Waals surface area (Å²) in [7, 11) is 1.56. The molecule has 0 fully saturated rings. The van der Waals surface area contributed by atoms with Crippen molar-refractivity contribution in [3.63, 3.8) is 0 Å². The van der Waals surface area contributed by atoms with Gasteiger partial charge in [-0.05, 0) is 95.2 Å². The molecule has 2 amide bonds. The Morgan fingerprint density at radius 1 is 0.611 bits per heavy atom. The van der Waals surface area contributed by atoms with Gasteiger partial charge in [0.1, 0.15) is 17.1 Å². The van der Waals surface area contributed by atoms with Crippen molar-refractivity contribution < 1.29 is 29.3 Å². The third kappa shape index (κ3) is 8.08. The predicted octanol–water partition coefficient (Wildman–Crippen LogP) is 15.1. The van der Waals surface area contributed by atoms with Gasteiger partial charge in [-0.15, -0.1) is 10.2 Å². The molecule has 1 heterocycles. The number of para-hydroxylation sites is 2. The first kappa shape index (κ1) is 45.5. The number of azo groups is 2. The summed E-state index contributed by atoms with van der Waals surface area (Å²) in [5.41, 5.74) is 6.27. The van der Waals surface area contributed by atoms with E-state index in [-0.39, 0.29) is 55.0 Å². The average molecular weight is 1010 g/mol. The van der Waals surface area contributed by atoms with E-state index in [1.54, 1.807) is 92.0 Å². The fourth-order valence-electron chi connectivity index (χ4n) is 8.84. The Bertz CT molecular complexity index is 4060. The van der Waals surface area contributed by atoms with E-state index >= 15 is 0 Å². The van der Waals surface area contributed by atoms with E-state index in [9.17, 15) is 24.6 Å². The van der Waals surface area contributed by atoms with Gasteiger partial charge in [-0.25, -0.2) is 5.43 Å². The number of H-pyrrole nitrogens is 1. The molecule has 14 nitrogen and oxygen atoms in total. The van der Waals surface area contributed by atoms with Gasteiger partial charge >= 0.3 is 0 Å². The molecule has 0 unspecified atom stereocenters. The number of benzene rings is 9. The van der Waals surface area contributed by atoms with Gasteiger partial charge in [0, 0.05) is 49.3 Å². The lowest BCUT2D eigenvalue weighted by atomic mass is 10.00. The smallest absolute Gasteiger partial charge is 0.275 e. The van der Waals surface area contributed by atoms with E-state index in [4.69, 9.17) is 39.5 Å². The van der Waals surface area contributed by atoms with E-state index in [1.807, 2.05) is 36.4 Å². The number of rotatable bonds is 10. The van der Waals surface area contributed by atoms with Gasteiger partial charge in [0.2, 0.25) is 0 Å². The van der Waals surface area contributed by atoms with Gasteiger partial charge in [0.15, 0.2) is 17.3 Å². The van der Waals surface area contributed by atoms with Gasteiger partial charge < -0.3 is 25.3 Å². The van der Waals surface area contributed by atoms with E-state index in [1.165, 1.54) is 30.5 Å². The molecule has 5 N–H and O–H groups in total. The predicted molar refractivity (Wildman–Crippen MR) is 282 cm³/mol. The quantitative estimate of drug-likeness (QED) is 0.0512.